The number of likely N-dealkylation sites (tertiary alicyclic amines) is 1. The SMILES string of the molecule is Cc1cc(C(=O)C2CCN(C(=O)OC(C)(C)C)CC2)cc(F)c1C(=O)c1ccc(Cl)cc1. The normalized spacial score (nSPS) is 14.9. The largest absolute Gasteiger partial charge is 0.444 e. The highest BCUT2D eigenvalue weighted by Crippen LogP contribution is 2.26. The molecule has 1 fully saturated rings. The smallest absolute Gasteiger partial charge is 0.410 e. The van der Waals surface area contributed by atoms with Crippen molar-refractivity contribution >= 4 is 29.3 Å². The van der Waals surface area contributed by atoms with Gasteiger partial charge in [-0.1, -0.05) is 11.6 Å². The molecule has 1 saturated heterocycles. The van der Waals surface area contributed by atoms with E-state index in [9.17, 15) is 18.8 Å². The summed E-state index contributed by atoms with van der Waals surface area (Å²) >= 11 is 5.86. The molecule has 1 amide bonds. The summed E-state index contributed by atoms with van der Waals surface area (Å²) in [4.78, 5) is 39.6. The molecule has 0 saturated carbocycles. The summed E-state index contributed by atoms with van der Waals surface area (Å²) in [6.07, 6.45) is 0.560. The number of hydrogen-bond donors (Lipinski definition) is 0. The summed E-state index contributed by atoms with van der Waals surface area (Å²) in [5.74, 6) is -1.67. The highest BCUT2D eigenvalue weighted by atomic mass is 35.5. The number of carbonyl (C=O) groups excluding carboxylic acids is 3. The molecule has 2 aromatic rings. The van der Waals surface area contributed by atoms with Gasteiger partial charge in [-0.25, -0.2) is 9.18 Å². The molecule has 5 nitrogen and oxygen atoms in total. The zero-order valence-corrected chi connectivity index (χ0v) is 19.5. The quantitative estimate of drug-likeness (QED) is 0.538. The summed E-state index contributed by atoms with van der Waals surface area (Å²) < 4.78 is 20.3. The fourth-order valence-electron chi connectivity index (χ4n) is 3.81. The summed E-state index contributed by atoms with van der Waals surface area (Å²) in [6.45, 7) is 7.84. The van der Waals surface area contributed by atoms with Crippen LogP contribution in [0.1, 0.15) is 65.5 Å². The van der Waals surface area contributed by atoms with E-state index in [1.54, 1.807) is 62.9 Å². The van der Waals surface area contributed by atoms with E-state index in [-0.39, 0.29) is 22.8 Å². The number of carbonyl (C=O) groups is 3. The van der Waals surface area contributed by atoms with Crippen molar-refractivity contribution in [1.82, 2.24) is 4.90 Å². The van der Waals surface area contributed by atoms with E-state index in [4.69, 9.17) is 16.3 Å². The molecular weight excluding hydrogens is 433 g/mol. The maximum absolute atomic E-state index is 14.9. The number of aryl methyl sites for hydroxylation is 1. The number of halogens is 2. The number of ether oxygens (including phenoxy) is 1. The number of amides is 1. The average molecular weight is 460 g/mol. The highest BCUT2D eigenvalue weighted by molar-refractivity contribution is 6.30. The Kier molecular flexibility index (Phi) is 7.03. The molecule has 0 aromatic heterocycles. The van der Waals surface area contributed by atoms with Crippen molar-refractivity contribution in [3.8, 4) is 0 Å². The molecular formula is C25H27ClFNO4. The molecule has 7 heteroatoms. The summed E-state index contributed by atoms with van der Waals surface area (Å²) in [7, 11) is 0. The van der Waals surface area contributed by atoms with Gasteiger partial charge >= 0.3 is 6.09 Å². The standard InChI is InChI=1S/C25H27ClFNO4/c1-15-13-18(14-20(27)21(15)23(30)16-5-7-19(26)8-6-16)22(29)17-9-11-28(12-10-17)24(31)32-25(2,3)4/h5-8,13-14,17H,9-12H2,1-4H3. The van der Waals surface area contributed by atoms with Crippen LogP contribution < -0.4 is 0 Å². The first-order valence-electron chi connectivity index (χ1n) is 10.6. The van der Waals surface area contributed by atoms with Crippen LogP contribution in [0.2, 0.25) is 5.02 Å². The van der Waals surface area contributed by atoms with Crippen LogP contribution in [-0.4, -0.2) is 41.3 Å². The predicted octanol–water partition coefficient (Wildman–Crippen LogP) is 5.85. The lowest BCUT2D eigenvalue weighted by Crippen LogP contribution is -2.43. The van der Waals surface area contributed by atoms with Crippen LogP contribution in [0.4, 0.5) is 9.18 Å². The molecule has 0 bridgehead atoms. The number of piperidine rings is 1. The van der Waals surface area contributed by atoms with Gasteiger partial charge in [-0.3, -0.25) is 9.59 Å². The summed E-state index contributed by atoms with van der Waals surface area (Å²) in [6, 6.07) is 8.93. The van der Waals surface area contributed by atoms with Crippen LogP contribution in [-0.2, 0) is 4.74 Å². The molecule has 1 aliphatic rings. The Labute approximate surface area is 192 Å². The van der Waals surface area contributed by atoms with E-state index < -0.39 is 23.3 Å². The van der Waals surface area contributed by atoms with Gasteiger partial charge in [0.25, 0.3) is 0 Å². The third-order valence-corrected chi connectivity index (χ3v) is 5.67. The van der Waals surface area contributed by atoms with Crippen LogP contribution in [0.15, 0.2) is 36.4 Å². The minimum atomic E-state index is -0.723. The maximum atomic E-state index is 14.9. The second-order valence-corrected chi connectivity index (χ2v) is 9.53. The fraction of sp³-hybridized carbons (Fsp3) is 0.400. The van der Waals surface area contributed by atoms with Crippen molar-refractivity contribution in [3.63, 3.8) is 0 Å². The molecule has 2 aromatic carbocycles. The van der Waals surface area contributed by atoms with Gasteiger partial charge in [0.05, 0.1) is 5.56 Å². The highest BCUT2D eigenvalue weighted by Gasteiger charge is 2.31. The molecule has 1 aliphatic heterocycles. The molecule has 1 heterocycles. The lowest BCUT2D eigenvalue weighted by atomic mass is 9.87. The Morgan fingerprint density at radius 1 is 1.03 bits per heavy atom. The number of Topliss-reactive ketones (excluding diaryl/α,β-unsaturated/α-hetero) is 1. The van der Waals surface area contributed by atoms with Crippen molar-refractivity contribution in [2.75, 3.05) is 13.1 Å². The van der Waals surface area contributed by atoms with Crippen molar-refractivity contribution in [1.29, 1.82) is 0 Å². The molecule has 0 radical (unpaired) electrons. The van der Waals surface area contributed by atoms with E-state index >= 15 is 0 Å². The lowest BCUT2D eigenvalue weighted by molar-refractivity contribution is 0.0182. The topological polar surface area (TPSA) is 63.7 Å². The van der Waals surface area contributed by atoms with E-state index in [2.05, 4.69) is 0 Å². The molecule has 0 N–H and O–H groups in total. The molecule has 32 heavy (non-hydrogen) atoms. The molecule has 0 atom stereocenters. The van der Waals surface area contributed by atoms with Crippen LogP contribution in [0.5, 0.6) is 0 Å². The Hall–Kier alpha value is -2.73. The zero-order valence-electron chi connectivity index (χ0n) is 18.7. The van der Waals surface area contributed by atoms with Crippen molar-refractivity contribution in [3.05, 3.63) is 69.5 Å². The van der Waals surface area contributed by atoms with Gasteiger partial charge in [0.2, 0.25) is 0 Å². The molecule has 0 aliphatic carbocycles. The fourth-order valence-corrected chi connectivity index (χ4v) is 3.93. The average Bonchev–Trinajstić information content (AvgIpc) is 2.72. The van der Waals surface area contributed by atoms with Crippen LogP contribution in [0, 0.1) is 18.7 Å². The van der Waals surface area contributed by atoms with Gasteiger partial charge in [-0.05, 0) is 82.5 Å². The van der Waals surface area contributed by atoms with Gasteiger partial charge < -0.3 is 9.64 Å². The van der Waals surface area contributed by atoms with Crippen LogP contribution in [0.3, 0.4) is 0 Å². The number of rotatable bonds is 4. The minimum absolute atomic E-state index is 0.0522. The Morgan fingerprint density at radius 2 is 1.62 bits per heavy atom. The second-order valence-electron chi connectivity index (χ2n) is 9.09. The summed E-state index contributed by atoms with van der Waals surface area (Å²) in [5.41, 5.74) is 0.334. The third kappa shape index (κ3) is 5.54. The molecule has 0 spiro atoms. The van der Waals surface area contributed by atoms with Crippen LogP contribution >= 0.6 is 11.6 Å². The zero-order chi connectivity index (χ0) is 23.6. The Balaban J connectivity index is 1.71. The molecule has 170 valence electrons. The Bertz CT molecular complexity index is 1010. The van der Waals surface area contributed by atoms with E-state index in [0.717, 1.165) is 6.07 Å². The third-order valence-electron chi connectivity index (χ3n) is 5.42. The maximum Gasteiger partial charge on any atom is 0.410 e. The van der Waals surface area contributed by atoms with Gasteiger partial charge in [0.1, 0.15) is 11.4 Å². The van der Waals surface area contributed by atoms with Crippen molar-refractivity contribution in [2.24, 2.45) is 5.92 Å². The Morgan fingerprint density at radius 3 is 2.16 bits per heavy atom. The molecule has 0 unspecified atom stereocenters. The van der Waals surface area contributed by atoms with E-state index in [1.807, 2.05) is 0 Å². The van der Waals surface area contributed by atoms with Gasteiger partial charge in [0.15, 0.2) is 11.6 Å². The number of nitrogens with zero attached hydrogens (tertiary/aromatic N) is 1. The van der Waals surface area contributed by atoms with E-state index in [0.29, 0.717) is 42.1 Å². The minimum Gasteiger partial charge on any atom is -0.444 e. The van der Waals surface area contributed by atoms with Gasteiger partial charge in [-0.15, -0.1) is 0 Å². The number of benzene rings is 2. The predicted molar refractivity (Wildman–Crippen MR) is 121 cm³/mol. The first-order valence-corrected chi connectivity index (χ1v) is 11.0. The van der Waals surface area contributed by atoms with Crippen molar-refractivity contribution in [2.45, 2.75) is 46.1 Å². The monoisotopic (exact) mass is 459 g/mol. The first-order chi connectivity index (χ1) is 15.0. The summed E-state index contributed by atoms with van der Waals surface area (Å²) in [5, 5.41) is 0.484. The second kappa shape index (κ2) is 9.41. The van der Waals surface area contributed by atoms with E-state index in [1.165, 1.54) is 0 Å². The van der Waals surface area contributed by atoms with Gasteiger partial charge in [-0.2, -0.15) is 0 Å². The van der Waals surface area contributed by atoms with Crippen LogP contribution in [0.25, 0.3) is 0 Å². The first kappa shape index (κ1) is 23.9. The van der Waals surface area contributed by atoms with Gasteiger partial charge in [0, 0.05) is 35.2 Å². The lowest BCUT2D eigenvalue weighted by Gasteiger charge is -2.33. The van der Waals surface area contributed by atoms with Crippen molar-refractivity contribution < 1.29 is 23.5 Å². The molecule has 3 rings (SSSR count). The number of ketones is 2. The number of hydrogen-bond acceptors (Lipinski definition) is 4.